The molecule has 1 aromatic carbocycles. The molecule has 1 unspecified atom stereocenters. The van der Waals surface area contributed by atoms with Crippen LogP contribution < -0.4 is 0 Å². The van der Waals surface area contributed by atoms with Gasteiger partial charge >= 0.3 is 0 Å². The Balaban J connectivity index is 3.01. The van der Waals surface area contributed by atoms with Gasteiger partial charge in [0.1, 0.15) is 5.82 Å². The van der Waals surface area contributed by atoms with E-state index in [9.17, 15) is 9.50 Å². The second kappa shape index (κ2) is 4.38. The molecule has 0 aliphatic heterocycles. The predicted molar refractivity (Wildman–Crippen MR) is 55.5 cm³/mol. The Morgan fingerprint density at radius 2 is 2.00 bits per heavy atom. The molecule has 76 valence electrons. The summed E-state index contributed by atoms with van der Waals surface area (Å²) in [6.07, 6.45) is 0.989. The summed E-state index contributed by atoms with van der Waals surface area (Å²) in [4.78, 5) is 0. The molecular weight excluding hydrogens is 179 g/mol. The van der Waals surface area contributed by atoms with Crippen LogP contribution in [0.2, 0.25) is 0 Å². The normalized spacial score (nSPS) is 12.4. The van der Waals surface area contributed by atoms with Crippen LogP contribution in [-0.2, 0) is 0 Å². The van der Waals surface area contributed by atoms with Crippen LogP contribution in [0.4, 0.5) is 4.39 Å². The van der Waals surface area contributed by atoms with Crippen molar-refractivity contribution in [2.45, 2.75) is 26.9 Å². The van der Waals surface area contributed by atoms with Crippen molar-refractivity contribution in [1.29, 1.82) is 0 Å². The van der Waals surface area contributed by atoms with E-state index in [-0.39, 0.29) is 5.82 Å². The maximum atomic E-state index is 13.0. The Morgan fingerprint density at radius 1 is 1.36 bits per heavy atom. The Kier molecular flexibility index (Phi) is 3.42. The van der Waals surface area contributed by atoms with Crippen molar-refractivity contribution in [3.8, 4) is 0 Å². The van der Waals surface area contributed by atoms with Gasteiger partial charge < -0.3 is 5.11 Å². The topological polar surface area (TPSA) is 20.2 Å². The zero-order valence-corrected chi connectivity index (χ0v) is 8.71. The monoisotopic (exact) mass is 194 g/mol. The third-order valence-electron chi connectivity index (χ3n) is 1.90. The number of rotatable bonds is 2. The molecule has 0 aromatic heterocycles. The predicted octanol–water partition coefficient (Wildman–Crippen LogP) is 3.13. The summed E-state index contributed by atoms with van der Waals surface area (Å²) in [6, 6.07) is 4.59. The van der Waals surface area contributed by atoms with Gasteiger partial charge in [0.2, 0.25) is 0 Å². The van der Waals surface area contributed by atoms with Gasteiger partial charge in [-0.05, 0) is 44.0 Å². The molecule has 1 nitrogen and oxygen atoms in total. The summed E-state index contributed by atoms with van der Waals surface area (Å²) >= 11 is 0. The number of allylic oxidation sites excluding steroid dienone is 1. The minimum absolute atomic E-state index is 0.304. The number of hydrogen-bond donors (Lipinski definition) is 1. The summed E-state index contributed by atoms with van der Waals surface area (Å²) in [5.41, 5.74) is 2.43. The maximum absolute atomic E-state index is 13.0. The van der Waals surface area contributed by atoms with Crippen LogP contribution in [0.25, 0.3) is 0 Å². The van der Waals surface area contributed by atoms with Gasteiger partial charge in [0.25, 0.3) is 0 Å². The Hall–Kier alpha value is -1.15. The first-order chi connectivity index (χ1) is 6.49. The average Bonchev–Trinajstić information content (AvgIpc) is 2.00. The first kappa shape index (κ1) is 10.9. The van der Waals surface area contributed by atoms with E-state index in [2.05, 4.69) is 0 Å². The third-order valence-corrected chi connectivity index (χ3v) is 1.90. The number of benzene rings is 1. The van der Waals surface area contributed by atoms with Gasteiger partial charge in [-0.1, -0.05) is 17.7 Å². The molecular formula is C12H15FO. The molecule has 0 saturated carbocycles. The van der Waals surface area contributed by atoms with Gasteiger partial charge in [0.15, 0.2) is 0 Å². The zero-order valence-electron chi connectivity index (χ0n) is 8.71. The largest absolute Gasteiger partial charge is 0.384 e. The van der Waals surface area contributed by atoms with E-state index >= 15 is 0 Å². The lowest BCUT2D eigenvalue weighted by Crippen LogP contribution is -1.95. The van der Waals surface area contributed by atoms with Crippen LogP contribution in [0.1, 0.15) is 31.1 Å². The highest BCUT2D eigenvalue weighted by molar-refractivity contribution is 5.28. The summed E-state index contributed by atoms with van der Waals surface area (Å²) in [5.74, 6) is -0.304. The van der Waals surface area contributed by atoms with Crippen LogP contribution >= 0.6 is 0 Å². The number of halogens is 1. The van der Waals surface area contributed by atoms with Gasteiger partial charge in [0.05, 0.1) is 6.10 Å². The van der Waals surface area contributed by atoms with Gasteiger partial charge in [-0.15, -0.1) is 0 Å². The summed E-state index contributed by atoms with van der Waals surface area (Å²) in [6.45, 7) is 5.60. The van der Waals surface area contributed by atoms with Crippen LogP contribution in [-0.4, -0.2) is 5.11 Å². The van der Waals surface area contributed by atoms with Crippen LogP contribution in [0.15, 0.2) is 29.8 Å². The van der Waals surface area contributed by atoms with E-state index in [1.165, 1.54) is 12.1 Å². The number of aryl methyl sites for hydroxylation is 1. The lowest BCUT2D eigenvalue weighted by molar-refractivity contribution is 0.227. The highest BCUT2D eigenvalue weighted by atomic mass is 19.1. The number of aliphatic hydroxyl groups excluding tert-OH is 1. The minimum Gasteiger partial charge on any atom is -0.384 e. The summed E-state index contributed by atoms with van der Waals surface area (Å²) < 4.78 is 13.0. The summed E-state index contributed by atoms with van der Waals surface area (Å²) in [7, 11) is 0. The van der Waals surface area contributed by atoms with Crippen molar-refractivity contribution in [1.82, 2.24) is 0 Å². The molecule has 0 fully saturated rings. The number of hydrogen-bond acceptors (Lipinski definition) is 1. The average molecular weight is 194 g/mol. The van der Waals surface area contributed by atoms with E-state index in [0.29, 0.717) is 5.56 Å². The van der Waals surface area contributed by atoms with E-state index in [4.69, 9.17) is 0 Å². The molecule has 1 atom stereocenters. The lowest BCUT2D eigenvalue weighted by Gasteiger charge is -2.08. The second-order valence-electron chi connectivity index (χ2n) is 3.75. The van der Waals surface area contributed by atoms with Gasteiger partial charge in [-0.25, -0.2) is 4.39 Å². The van der Waals surface area contributed by atoms with Crippen LogP contribution in [0.5, 0.6) is 0 Å². The summed E-state index contributed by atoms with van der Waals surface area (Å²) in [5, 5.41) is 9.70. The van der Waals surface area contributed by atoms with Crippen molar-refractivity contribution >= 4 is 0 Å². The fourth-order valence-electron chi connectivity index (χ4n) is 1.35. The molecule has 0 saturated heterocycles. The molecule has 14 heavy (non-hydrogen) atoms. The van der Waals surface area contributed by atoms with E-state index in [0.717, 1.165) is 11.1 Å². The van der Waals surface area contributed by atoms with Crippen molar-refractivity contribution in [2.24, 2.45) is 0 Å². The molecule has 0 radical (unpaired) electrons. The first-order valence-corrected chi connectivity index (χ1v) is 4.59. The quantitative estimate of drug-likeness (QED) is 0.717. The molecule has 1 N–H and O–H groups in total. The third kappa shape index (κ3) is 2.96. The SMILES string of the molecule is CC(C)=CC(O)c1cc(C)cc(F)c1. The minimum atomic E-state index is -0.714. The molecule has 1 rings (SSSR count). The molecule has 1 aromatic rings. The molecule has 2 heteroatoms. The van der Waals surface area contributed by atoms with E-state index in [1.807, 2.05) is 20.8 Å². The van der Waals surface area contributed by atoms with Gasteiger partial charge in [0, 0.05) is 0 Å². The fraction of sp³-hybridized carbons (Fsp3) is 0.333. The Labute approximate surface area is 83.9 Å². The smallest absolute Gasteiger partial charge is 0.123 e. The molecule has 0 aliphatic rings. The van der Waals surface area contributed by atoms with E-state index < -0.39 is 6.10 Å². The number of aliphatic hydroxyl groups is 1. The maximum Gasteiger partial charge on any atom is 0.123 e. The highest BCUT2D eigenvalue weighted by Gasteiger charge is 2.05. The molecule has 0 amide bonds. The van der Waals surface area contributed by atoms with Gasteiger partial charge in [-0.2, -0.15) is 0 Å². The second-order valence-corrected chi connectivity index (χ2v) is 3.75. The molecule has 0 bridgehead atoms. The Morgan fingerprint density at radius 3 is 2.50 bits per heavy atom. The highest BCUT2D eigenvalue weighted by Crippen LogP contribution is 2.18. The van der Waals surface area contributed by atoms with Crippen molar-refractivity contribution in [2.75, 3.05) is 0 Å². The fourth-order valence-corrected chi connectivity index (χ4v) is 1.35. The molecule has 0 aliphatic carbocycles. The van der Waals surface area contributed by atoms with E-state index in [1.54, 1.807) is 12.1 Å². The van der Waals surface area contributed by atoms with Gasteiger partial charge in [-0.3, -0.25) is 0 Å². The van der Waals surface area contributed by atoms with Crippen LogP contribution in [0, 0.1) is 12.7 Å². The Bertz CT molecular complexity index is 331. The lowest BCUT2D eigenvalue weighted by atomic mass is 10.0. The molecule has 0 spiro atoms. The van der Waals surface area contributed by atoms with Crippen molar-refractivity contribution in [3.05, 3.63) is 46.8 Å². The first-order valence-electron chi connectivity index (χ1n) is 4.59. The van der Waals surface area contributed by atoms with Crippen molar-refractivity contribution in [3.63, 3.8) is 0 Å². The molecule has 0 heterocycles. The zero-order chi connectivity index (χ0) is 10.7. The standard InChI is InChI=1S/C12H15FO/c1-8(2)4-12(14)10-5-9(3)6-11(13)7-10/h4-7,12,14H,1-3H3. The van der Waals surface area contributed by atoms with Crippen LogP contribution in [0.3, 0.4) is 0 Å². The van der Waals surface area contributed by atoms with Crippen molar-refractivity contribution < 1.29 is 9.50 Å².